The zero-order valence-corrected chi connectivity index (χ0v) is 10.0. The number of aliphatic carboxylic acids is 1. The molecule has 0 aliphatic heterocycles. The molecule has 0 aromatic heterocycles. The summed E-state index contributed by atoms with van der Waals surface area (Å²) in [6.07, 6.45) is 1.90. The monoisotopic (exact) mass is 259 g/mol. The number of nitrogens with one attached hydrogen (secondary N) is 2. The van der Waals surface area contributed by atoms with Gasteiger partial charge >= 0.3 is 12.0 Å². The molecule has 1 aliphatic rings. The molecule has 0 saturated heterocycles. The number of amides is 3. The molecule has 1 atom stereocenters. The highest BCUT2D eigenvalue weighted by molar-refractivity contribution is 5.86. The van der Waals surface area contributed by atoms with Crippen LogP contribution in [0, 0.1) is 0 Å². The third-order valence-corrected chi connectivity index (χ3v) is 2.45. The Labute approximate surface area is 104 Å². The van der Waals surface area contributed by atoms with Gasteiger partial charge in [0.15, 0.2) is 6.04 Å². The Bertz CT molecular complexity index is 342. The lowest BCUT2D eigenvalue weighted by Gasteiger charge is -2.20. The van der Waals surface area contributed by atoms with Crippen LogP contribution >= 0.6 is 0 Å². The molecule has 4 N–H and O–H groups in total. The molecule has 1 saturated carbocycles. The highest BCUT2D eigenvalue weighted by Gasteiger charge is 2.25. The van der Waals surface area contributed by atoms with Gasteiger partial charge in [-0.15, -0.1) is 0 Å². The molecule has 0 aromatic carbocycles. The second-order valence-electron chi connectivity index (χ2n) is 4.22. The van der Waals surface area contributed by atoms with Crippen LogP contribution < -0.4 is 10.6 Å². The van der Waals surface area contributed by atoms with Gasteiger partial charge in [-0.05, 0) is 12.8 Å². The van der Waals surface area contributed by atoms with Crippen LogP contribution in [0.25, 0.3) is 0 Å². The van der Waals surface area contributed by atoms with Gasteiger partial charge in [0.2, 0.25) is 5.91 Å². The first-order valence-electron chi connectivity index (χ1n) is 5.58. The van der Waals surface area contributed by atoms with Crippen LogP contribution in [-0.2, 0) is 9.59 Å². The standard InChI is InChI=1S/C10H17N3O5/c1-13(4-8(15)11-6-2-3-6)10(18)12-7(5-14)9(16)17/h6-7,14H,2-5H2,1H3,(H,11,15)(H,12,18)(H,16,17)/t7-/m0/s1. The van der Waals surface area contributed by atoms with Crippen molar-refractivity contribution in [2.75, 3.05) is 20.2 Å². The van der Waals surface area contributed by atoms with Crippen molar-refractivity contribution in [3.8, 4) is 0 Å². The SMILES string of the molecule is CN(CC(=O)NC1CC1)C(=O)N[C@@H](CO)C(=O)O. The van der Waals surface area contributed by atoms with Crippen molar-refractivity contribution in [2.45, 2.75) is 24.9 Å². The fourth-order valence-electron chi connectivity index (χ4n) is 1.23. The first kappa shape index (κ1) is 14.2. The molecule has 0 unspecified atom stereocenters. The van der Waals surface area contributed by atoms with Crippen LogP contribution in [0.5, 0.6) is 0 Å². The molecule has 0 bridgehead atoms. The molecule has 18 heavy (non-hydrogen) atoms. The van der Waals surface area contributed by atoms with E-state index in [1.54, 1.807) is 0 Å². The number of likely N-dealkylation sites (N-methyl/N-ethyl adjacent to an activating group) is 1. The summed E-state index contributed by atoms with van der Waals surface area (Å²) in [6, 6.07) is -1.88. The van der Waals surface area contributed by atoms with E-state index in [-0.39, 0.29) is 18.5 Å². The molecular formula is C10H17N3O5. The summed E-state index contributed by atoms with van der Waals surface area (Å²) in [4.78, 5) is 34.6. The second kappa shape index (κ2) is 6.20. The molecule has 0 radical (unpaired) electrons. The van der Waals surface area contributed by atoms with Gasteiger partial charge in [-0.1, -0.05) is 0 Å². The van der Waals surface area contributed by atoms with E-state index in [1.807, 2.05) is 0 Å². The van der Waals surface area contributed by atoms with Crippen LogP contribution in [-0.4, -0.2) is 65.3 Å². The van der Waals surface area contributed by atoms with E-state index in [0.29, 0.717) is 0 Å². The summed E-state index contributed by atoms with van der Waals surface area (Å²) in [5, 5.41) is 22.2. The summed E-state index contributed by atoms with van der Waals surface area (Å²) >= 11 is 0. The number of carboxylic acids is 1. The fraction of sp³-hybridized carbons (Fsp3) is 0.700. The highest BCUT2D eigenvalue weighted by Crippen LogP contribution is 2.18. The number of urea groups is 1. The largest absolute Gasteiger partial charge is 0.480 e. The number of nitrogens with zero attached hydrogens (tertiary/aromatic N) is 1. The summed E-state index contributed by atoms with van der Waals surface area (Å²) in [5.74, 6) is -1.62. The van der Waals surface area contributed by atoms with Gasteiger partial charge in [0.05, 0.1) is 6.61 Å². The van der Waals surface area contributed by atoms with Crippen molar-refractivity contribution in [3.05, 3.63) is 0 Å². The van der Waals surface area contributed by atoms with E-state index < -0.39 is 24.6 Å². The average molecular weight is 259 g/mol. The Hall–Kier alpha value is -1.83. The summed E-state index contributed by atoms with van der Waals surface area (Å²) in [6.45, 7) is -0.858. The minimum absolute atomic E-state index is 0.153. The number of hydrogen-bond acceptors (Lipinski definition) is 4. The molecule has 0 spiro atoms. The molecule has 0 heterocycles. The number of aliphatic hydroxyl groups is 1. The highest BCUT2D eigenvalue weighted by atomic mass is 16.4. The summed E-state index contributed by atoms with van der Waals surface area (Å²) < 4.78 is 0. The van der Waals surface area contributed by atoms with Gasteiger partial charge in [0, 0.05) is 13.1 Å². The fourth-order valence-corrected chi connectivity index (χ4v) is 1.23. The molecule has 1 rings (SSSR count). The number of hydrogen-bond donors (Lipinski definition) is 4. The Balaban J connectivity index is 2.34. The molecule has 3 amide bonds. The van der Waals surface area contributed by atoms with Crippen LogP contribution in [0.15, 0.2) is 0 Å². The summed E-state index contributed by atoms with van der Waals surface area (Å²) in [7, 11) is 1.37. The maximum Gasteiger partial charge on any atom is 0.328 e. The third kappa shape index (κ3) is 4.58. The topological polar surface area (TPSA) is 119 Å². The zero-order valence-electron chi connectivity index (χ0n) is 10.0. The lowest BCUT2D eigenvalue weighted by atomic mass is 10.3. The Morgan fingerprint density at radius 1 is 1.39 bits per heavy atom. The molecule has 1 aliphatic carbocycles. The zero-order chi connectivity index (χ0) is 13.7. The Kier molecular flexibility index (Phi) is 4.90. The maximum atomic E-state index is 11.5. The van der Waals surface area contributed by atoms with Crippen molar-refractivity contribution < 1.29 is 24.6 Å². The molecule has 8 heteroatoms. The minimum Gasteiger partial charge on any atom is -0.480 e. The van der Waals surface area contributed by atoms with Crippen LogP contribution in [0.2, 0.25) is 0 Å². The smallest absolute Gasteiger partial charge is 0.328 e. The quantitative estimate of drug-likeness (QED) is 0.456. The number of carbonyl (C=O) groups excluding carboxylic acids is 2. The predicted octanol–water partition coefficient (Wildman–Crippen LogP) is -1.65. The van der Waals surface area contributed by atoms with Crippen molar-refractivity contribution in [1.82, 2.24) is 15.5 Å². The van der Waals surface area contributed by atoms with Crippen molar-refractivity contribution >= 4 is 17.9 Å². The minimum atomic E-state index is -1.37. The summed E-state index contributed by atoms with van der Waals surface area (Å²) in [5.41, 5.74) is 0. The van der Waals surface area contributed by atoms with E-state index in [1.165, 1.54) is 7.05 Å². The molecule has 0 aromatic rings. The number of carboxylic acid groups (broad SMARTS) is 1. The van der Waals surface area contributed by atoms with E-state index in [9.17, 15) is 14.4 Å². The van der Waals surface area contributed by atoms with Crippen molar-refractivity contribution in [2.24, 2.45) is 0 Å². The van der Waals surface area contributed by atoms with Gasteiger partial charge in [0.25, 0.3) is 0 Å². The lowest BCUT2D eigenvalue weighted by Crippen LogP contribution is -2.50. The van der Waals surface area contributed by atoms with E-state index in [0.717, 1.165) is 17.7 Å². The van der Waals surface area contributed by atoms with E-state index in [4.69, 9.17) is 10.2 Å². The molecule has 102 valence electrons. The van der Waals surface area contributed by atoms with Crippen LogP contribution in [0.1, 0.15) is 12.8 Å². The Morgan fingerprint density at radius 2 is 2.00 bits per heavy atom. The number of rotatable bonds is 6. The normalized spacial score (nSPS) is 15.7. The maximum absolute atomic E-state index is 11.5. The Morgan fingerprint density at radius 3 is 2.44 bits per heavy atom. The lowest BCUT2D eigenvalue weighted by molar-refractivity contribution is -0.140. The van der Waals surface area contributed by atoms with E-state index >= 15 is 0 Å². The molecule has 8 nitrogen and oxygen atoms in total. The second-order valence-corrected chi connectivity index (χ2v) is 4.22. The van der Waals surface area contributed by atoms with Gasteiger partial charge in [0.1, 0.15) is 6.54 Å². The first-order chi connectivity index (χ1) is 8.43. The number of carbonyl (C=O) groups is 3. The first-order valence-corrected chi connectivity index (χ1v) is 5.58. The van der Waals surface area contributed by atoms with Gasteiger partial charge in [-0.3, -0.25) is 4.79 Å². The third-order valence-electron chi connectivity index (χ3n) is 2.45. The van der Waals surface area contributed by atoms with Gasteiger partial charge in [-0.2, -0.15) is 0 Å². The van der Waals surface area contributed by atoms with Crippen LogP contribution in [0.4, 0.5) is 4.79 Å². The van der Waals surface area contributed by atoms with Crippen LogP contribution in [0.3, 0.4) is 0 Å². The molecular weight excluding hydrogens is 242 g/mol. The predicted molar refractivity (Wildman–Crippen MR) is 60.8 cm³/mol. The van der Waals surface area contributed by atoms with Gasteiger partial charge < -0.3 is 25.7 Å². The van der Waals surface area contributed by atoms with Crippen molar-refractivity contribution in [1.29, 1.82) is 0 Å². The van der Waals surface area contributed by atoms with E-state index in [2.05, 4.69) is 10.6 Å². The molecule has 1 fully saturated rings. The average Bonchev–Trinajstić information content (AvgIpc) is 3.08. The van der Waals surface area contributed by atoms with Gasteiger partial charge in [-0.25, -0.2) is 9.59 Å². The number of aliphatic hydroxyl groups excluding tert-OH is 1. The van der Waals surface area contributed by atoms with Crippen molar-refractivity contribution in [3.63, 3.8) is 0 Å².